The monoisotopic (exact) mass is 367 g/mol. The van der Waals surface area contributed by atoms with Crippen LogP contribution in [0, 0.1) is 11.8 Å². The first kappa shape index (κ1) is 18.9. The van der Waals surface area contributed by atoms with Crippen molar-refractivity contribution in [1.82, 2.24) is 9.88 Å². The van der Waals surface area contributed by atoms with Gasteiger partial charge in [-0.3, -0.25) is 4.79 Å². The lowest BCUT2D eigenvalue weighted by molar-refractivity contribution is 0.0781. The van der Waals surface area contributed by atoms with Crippen molar-refractivity contribution in [2.45, 2.75) is 25.7 Å². The molecular weight excluding hydrogens is 340 g/mol. The summed E-state index contributed by atoms with van der Waals surface area (Å²) in [5.41, 5.74) is 0.852. The van der Waals surface area contributed by atoms with E-state index in [-0.39, 0.29) is 19.0 Å². The molecule has 2 saturated carbocycles. The summed E-state index contributed by atoms with van der Waals surface area (Å²) in [7, 11) is 1.78. The van der Waals surface area contributed by atoms with Gasteiger partial charge in [0.1, 0.15) is 24.7 Å². The molecule has 0 atom stereocenters. The van der Waals surface area contributed by atoms with Gasteiger partial charge in [0.2, 0.25) is 5.88 Å². The van der Waals surface area contributed by atoms with Gasteiger partial charge in [-0.25, -0.2) is 13.8 Å². The number of hydrogen-bond acceptors (Lipinski definition) is 4. The fourth-order valence-electron chi connectivity index (χ4n) is 2.90. The van der Waals surface area contributed by atoms with Crippen molar-refractivity contribution in [2.75, 3.05) is 51.5 Å². The Morgan fingerprint density at radius 1 is 1.15 bits per heavy atom. The van der Waals surface area contributed by atoms with Crippen LogP contribution in [0.4, 0.5) is 14.5 Å². The van der Waals surface area contributed by atoms with Crippen molar-refractivity contribution in [3.8, 4) is 5.88 Å². The molecule has 1 heterocycles. The predicted molar refractivity (Wildman–Crippen MR) is 96.3 cm³/mol. The van der Waals surface area contributed by atoms with Gasteiger partial charge in [-0.2, -0.15) is 0 Å². The first-order valence-corrected chi connectivity index (χ1v) is 9.38. The minimum absolute atomic E-state index is 0.0697. The van der Waals surface area contributed by atoms with Crippen LogP contribution >= 0.6 is 0 Å². The fourth-order valence-corrected chi connectivity index (χ4v) is 2.90. The topological polar surface area (TPSA) is 45.7 Å². The Morgan fingerprint density at radius 3 is 2.38 bits per heavy atom. The number of anilines is 1. The summed E-state index contributed by atoms with van der Waals surface area (Å²) in [5.74, 6) is 1.25. The van der Waals surface area contributed by atoms with Gasteiger partial charge in [0.05, 0.1) is 6.61 Å². The second-order valence-corrected chi connectivity index (χ2v) is 7.27. The molecule has 144 valence electrons. The highest BCUT2D eigenvalue weighted by molar-refractivity contribution is 5.92. The van der Waals surface area contributed by atoms with Crippen molar-refractivity contribution in [3.63, 3.8) is 0 Å². The molecule has 0 aromatic carbocycles. The number of halogens is 2. The summed E-state index contributed by atoms with van der Waals surface area (Å²) in [4.78, 5) is 20.3. The third-order valence-electron chi connectivity index (χ3n) is 4.84. The first-order chi connectivity index (χ1) is 12.6. The molecule has 3 rings (SSSR count). The molecule has 7 heteroatoms. The van der Waals surface area contributed by atoms with Crippen LogP contribution in [-0.2, 0) is 0 Å². The van der Waals surface area contributed by atoms with E-state index in [2.05, 4.69) is 4.98 Å². The molecule has 2 fully saturated rings. The van der Waals surface area contributed by atoms with Crippen molar-refractivity contribution < 1.29 is 18.3 Å². The molecule has 1 aromatic heterocycles. The van der Waals surface area contributed by atoms with Crippen LogP contribution in [0.5, 0.6) is 5.88 Å². The Balaban J connectivity index is 1.79. The summed E-state index contributed by atoms with van der Waals surface area (Å²) in [6.45, 7) is 0.214. The molecule has 1 aromatic rings. The van der Waals surface area contributed by atoms with Gasteiger partial charge < -0.3 is 14.5 Å². The SMILES string of the molecule is CN(CC1CC1)C(=O)c1ccc(N(CCF)CCF)c(OCC2CC2)n1. The van der Waals surface area contributed by atoms with E-state index in [1.807, 2.05) is 0 Å². The van der Waals surface area contributed by atoms with Crippen molar-refractivity contribution in [3.05, 3.63) is 17.8 Å². The van der Waals surface area contributed by atoms with E-state index in [0.717, 1.165) is 19.4 Å². The van der Waals surface area contributed by atoms with E-state index in [4.69, 9.17) is 4.74 Å². The highest BCUT2D eigenvalue weighted by Gasteiger charge is 2.27. The number of ether oxygens (including phenoxy) is 1. The second-order valence-electron chi connectivity index (χ2n) is 7.27. The molecule has 1 amide bonds. The highest BCUT2D eigenvalue weighted by atomic mass is 19.1. The fraction of sp³-hybridized carbons (Fsp3) is 0.684. The Bertz CT molecular complexity index is 615. The number of amides is 1. The number of carbonyl (C=O) groups excluding carboxylic acids is 1. The molecule has 0 radical (unpaired) electrons. The van der Waals surface area contributed by atoms with Crippen molar-refractivity contribution in [2.24, 2.45) is 11.8 Å². The molecule has 0 saturated heterocycles. The quantitative estimate of drug-likeness (QED) is 0.603. The van der Waals surface area contributed by atoms with E-state index >= 15 is 0 Å². The zero-order chi connectivity index (χ0) is 18.5. The molecule has 0 aliphatic heterocycles. The van der Waals surface area contributed by atoms with Crippen LogP contribution in [-0.4, -0.2) is 62.4 Å². The van der Waals surface area contributed by atoms with Crippen LogP contribution in [0.1, 0.15) is 36.2 Å². The molecule has 0 bridgehead atoms. The number of hydrogen-bond donors (Lipinski definition) is 0. The Kier molecular flexibility index (Phi) is 6.27. The molecule has 2 aliphatic carbocycles. The predicted octanol–water partition coefficient (Wildman–Crippen LogP) is 3.10. The maximum Gasteiger partial charge on any atom is 0.272 e. The van der Waals surface area contributed by atoms with E-state index in [9.17, 15) is 13.6 Å². The van der Waals surface area contributed by atoms with Gasteiger partial charge in [0, 0.05) is 26.7 Å². The minimum Gasteiger partial charge on any atom is -0.476 e. The Morgan fingerprint density at radius 2 is 1.81 bits per heavy atom. The third kappa shape index (κ3) is 5.05. The average molecular weight is 367 g/mol. The van der Waals surface area contributed by atoms with Gasteiger partial charge >= 0.3 is 0 Å². The lowest BCUT2D eigenvalue weighted by Crippen LogP contribution is -2.31. The van der Waals surface area contributed by atoms with Crippen molar-refractivity contribution in [1.29, 1.82) is 0 Å². The van der Waals surface area contributed by atoms with E-state index in [0.29, 0.717) is 35.7 Å². The van der Waals surface area contributed by atoms with Crippen LogP contribution in [0.15, 0.2) is 12.1 Å². The molecule has 0 spiro atoms. The zero-order valence-corrected chi connectivity index (χ0v) is 15.3. The number of carbonyl (C=O) groups is 1. The lowest BCUT2D eigenvalue weighted by atomic mass is 10.2. The summed E-state index contributed by atoms with van der Waals surface area (Å²) >= 11 is 0. The van der Waals surface area contributed by atoms with Crippen LogP contribution < -0.4 is 9.64 Å². The maximum absolute atomic E-state index is 12.9. The maximum atomic E-state index is 12.9. The number of rotatable bonds is 11. The number of aromatic nitrogens is 1. The van der Waals surface area contributed by atoms with Crippen molar-refractivity contribution >= 4 is 11.6 Å². The van der Waals surface area contributed by atoms with E-state index < -0.39 is 13.3 Å². The van der Waals surface area contributed by atoms with Gasteiger partial charge in [-0.05, 0) is 49.7 Å². The molecular formula is C19H27F2N3O2. The summed E-state index contributed by atoms with van der Waals surface area (Å²) in [5, 5.41) is 0. The standard InChI is InChI=1S/C19H27F2N3O2/c1-23(12-14-2-3-14)19(25)16-6-7-17(24(10-8-20)11-9-21)18(22-16)26-13-15-4-5-15/h6-7,14-15H,2-5,8-13H2,1H3. The smallest absolute Gasteiger partial charge is 0.272 e. The average Bonchev–Trinajstić information content (AvgIpc) is 3.54. The van der Waals surface area contributed by atoms with E-state index in [1.54, 1.807) is 29.0 Å². The summed E-state index contributed by atoms with van der Waals surface area (Å²) < 4.78 is 31.6. The second kappa shape index (κ2) is 8.64. The normalized spacial score (nSPS) is 16.4. The Labute approximate surface area is 153 Å². The molecule has 0 N–H and O–H groups in total. The van der Waals surface area contributed by atoms with E-state index in [1.165, 1.54) is 12.8 Å². The number of nitrogens with zero attached hydrogens (tertiary/aromatic N) is 3. The molecule has 2 aliphatic rings. The van der Waals surface area contributed by atoms with Gasteiger partial charge in [0.15, 0.2) is 0 Å². The zero-order valence-electron chi connectivity index (χ0n) is 15.3. The summed E-state index contributed by atoms with van der Waals surface area (Å²) in [6.07, 6.45) is 4.58. The molecule has 5 nitrogen and oxygen atoms in total. The molecule has 0 unspecified atom stereocenters. The Hall–Kier alpha value is -1.92. The third-order valence-corrected chi connectivity index (χ3v) is 4.84. The highest BCUT2D eigenvalue weighted by Crippen LogP contribution is 2.33. The minimum atomic E-state index is -0.590. The van der Waals surface area contributed by atoms with Gasteiger partial charge in [-0.1, -0.05) is 0 Å². The first-order valence-electron chi connectivity index (χ1n) is 9.38. The lowest BCUT2D eigenvalue weighted by Gasteiger charge is -2.25. The number of pyridine rings is 1. The van der Waals surface area contributed by atoms with Gasteiger partial charge in [0.25, 0.3) is 5.91 Å². The largest absolute Gasteiger partial charge is 0.476 e. The molecule has 26 heavy (non-hydrogen) atoms. The summed E-state index contributed by atoms with van der Waals surface area (Å²) in [6, 6.07) is 3.31. The van der Waals surface area contributed by atoms with Crippen LogP contribution in [0.25, 0.3) is 0 Å². The number of alkyl halides is 2. The van der Waals surface area contributed by atoms with Crippen LogP contribution in [0.3, 0.4) is 0 Å². The van der Waals surface area contributed by atoms with Gasteiger partial charge in [-0.15, -0.1) is 0 Å². The van der Waals surface area contributed by atoms with Crippen LogP contribution in [0.2, 0.25) is 0 Å².